The molecule has 7 atom stereocenters. The van der Waals surface area contributed by atoms with Crippen LogP contribution in [0.2, 0.25) is 0 Å². The number of hydrogen-bond donors (Lipinski definition) is 2. The average molecular weight is 658 g/mol. The zero-order chi connectivity index (χ0) is 34.4. The fraction of sp³-hybridized carbons (Fsp3) is 0.474. The van der Waals surface area contributed by atoms with Gasteiger partial charge in [0.05, 0.1) is 37.1 Å². The molecule has 10 nitrogen and oxygen atoms in total. The van der Waals surface area contributed by atoms with Gasteiger partial charge in [0.1, 0.15) is 17.7 Å². The van der Waals surface area contributed by atoms with Crippen LogP contribution in [0.15, 0.2) is 86.0 Å². The first kappa shape index (κ1) is 35.0. The summed E-state index contributed by atoms with van der Waals surface area (Å²) < 4.78 is 12.8. The van der Waals surface area contributed by atoms with Gasteiger partial charge in [0.25, 0.3) is 0 Å². The van der Waals surface area contributed by atoms with Gasteiger partial charge < -0.3 is 29.7 Å². The van der Waals surface area contributed by atoms with E-state index in [4.69, 9.17) is 9.47 Å². The standard InChI is InChI=1S/C38H47N3O7/c1-5-7-18-31(43)39-23-30(27-16-12-9-13-17-27)47-37(46)32-29-19-20-38(48-29)33(32)35(44)41(28(24-42)22-26-14-10-8-11-15-26)34(38)36(45)40(21-6-2)25(3)4/h5-6,8-17,25,28-30,32-34,42H,1-2,7,18-24H2,3-4H3,(H,39,43)/t28-,29-,30-,32+,33+,34-,38+/m1/s1. The molecule has 2 aromatic carbocycles. The Morgan fingerprint density at radius 2 is 1.79 bits per heavy atom. The number of nitrogens with one attached hydrogen (secondary N) is 1. The Morgan fingerprint density at radius 3 is 2.42 bits per heavy atom. The molecule has 3 saturated heterocycles. The van der Waals surface area contributed by atoms with Crippen LogP contribution in [0.25, 0.3) is 0 Å². The molecular weight excluding hydrogens is 610 g/mol. The third kappa shape index (κ3) is 6.82. The molecule has 0 radical (unpaired) electrons. The van der Waals surface area contributed by atoms with Crippen LogP contribution >= 0.6 is 0 Å². The van der Waals surface area contributed by atoms with Gasteiger partial charge in [0.2, 0.25) is 17.7 Å². The molecule has 3 aliphatic rings. The first-order valence-corrected chi connectivity index (χ1v) is 16.9. The molecule has 0 aliphatic carbocycles. The Kier molecular flexibility index (Phi) is 11.2. The molecule has 48 heavy (non-hydrogen) atoms. The van der Waals surface area contributed by atoms with Crippen LogP contribution in [-0.4, -0.2) is 88.1 Å². The van der Waals surface area contributed by atoms with Crippen molar-refractivity contribution in [3.8, 4) is 0 Å². The molecule has 0 unspecified atom stereocenters. The fourth-order valence-corrected chi connectivity index (χ4v) is 7.66. The number of esters is 1. The number of nitrogens with zero attached hydrogens (tertiary/aromatic N) is 2. The summed E-state index contributed by atoms with van der Waals surface area (Å²) in [6.07, 6.45) is 3.87. The van der Waals surface area contributed by atoms with Crippen LogP contribution < -0.4 is 5.32 Å². The summed E-state index contributed by atoms with van der Waals surface area (Å²) in [4.78, 5) is 59.1. The number of aliphatic hydroxyl groups is 1. The summed E-state index contributed by atoms with van der Waals surface area (Å²) in [6, 6.07) is 16.7. The van der Waals surface area contributed by atoms with Gasteiger partial charge in [-0.1, -0.05) is 72.8 Å². The number of fused-ring (bicyclic) bond motifs is 1. The van der Waals surface area contributed by atoms with E-state index in [0.29, 0.717) is 31.2 Å². The smallest absolute Gasteiger partial charge is 0.313 e. The van der Waals surface area contributed by atoms with Gasteiger partial charge in [-0.05, 0) is 50.7 Å². The van der Waals surface area contributed by atoms with Gasteiger partial charge in [0, 0.05) is 19.0 Å². The van der Waals surface area contributed by atoms with Crippen LogP contribution in [-0.2, 0) is 35.1 Å². The Morgan fingerprint density at radius 1 is 1.10 bits per heavy atom. The lowest BCUT2D eigenvalue weighted by atomic mass is 9.70. The number of ether oxygens (including phenoxy) is 2. The third-order valence-electron chi connectivity index (χ3n) is 9.88. The Labute approximate surface area is 282 Å². The molecule has 0 aromatic heterocycles. The molecule has 3 aliphatic heterocycles. The summed E-state index contributed by atoms with van der Waals surface area (Å²) in [5.41, 5.74) is 0.336. The maximum atomic E-state index is 14.7. The van der Waals surface area contributed by atoms with Gasteiger partial charge >= 0.3 is 5.97 Å². The number of allylic oxidation sites excluding steroid dienone is 1. The van der Waals surface area contributed by atoms with Crippen LogP contribution in [0.3, 0.4) is 0 Å². The lowest BCUT2D eigenvalue weighted by Gasteiger charge is -2.40. The normalized spacial score (nSPS) is 25.3. The summed E-state index contributed by atoms with van der Waals surface area (Å²) in [6.45, 7) is 11.2. The molecule has 2 N–H and O–H groups in total. The van der Waals surface area contributed by atoms with Crippen molar-refractivity contribution in [2.45, 2.75) is 81.9 Å². The predicted octanol–water partition coefficient (Wildman–Crippen LogP) is 3.75. The van der Waals surface area contributed by atoms with Gasteiger partial charge in [-0.15, -0.1) is 13.2 Å². The topological polar surface area (TPSA) is 125 Å². The van der Waals surface area contributed by atoms with Gasteiger partial charge in [-0.2, -0.15) is 0 Å². The quantitative estimate of drug-likeness (QED) is 0.208. The molecule has 2 aromatic rings. The number of carbonyl (C=O) groups is 4. The van der Waals surface area contributed by atoms with Gasteiger partial charge in [0.15, 0.2) is 0 Å². The molecule has 3 amide bonds. The highest BCUT2D eigenvalue weighted by Crippen LogP contribution is 2.59. The minimum absolute atomic E-state index is 0.0511. The zero-order valence-corrected chi connectivity index (χ0v) is 27.8. The maximum Gasteiger partial charge on any atom is 0.313 e. The largest absolute Gasteiger partial charge is 0.455 e. The van der Waals surface area contributed by atoms with Crippen molar-refractivity contribution < 1.29 is 33.8 Å². The lowest BCUT2D eigenvalue weighted by Crippen LogP contribution is -2.60. The number of hydrogen-bond acceptors (Lipinski definition) is 7. The van der Waals surface area contributed by atoms with E-state index >= 15 is 0 Å². The van der Waals surface area contributed by atoms with Crippen molar-refractivity contribution in [1.29, 1.82) is 0 Å². The van der Waals surface area contributed by atoms with E-state index < -0.39 is 53.6 Å². The van der Waals surface area contributed by atoms with Crippen molar-refractivity contribution in [1.82, 2.24) is 15.1 Å². The van der Waals surface area contributed by atoms with Crippen molar-refractivity contribution in [2.75, 3.05) is 19.7 Å². The highest BCUT2D eigenvalue weighted by molar-refractivity contribution is 5.98. The SMILES string of the molecule is C=CCCC(=O)NC[C@@H](OC(=O)[C@@H]1[C@H]2C(=O)N([C@@H](CO)Cc3ccccc3)[C@H](C(=O)N(CC=C)C(C)C)[C@]23CC[C@H]1O3)c1ccccc1. The number of amides is 3. The van der Waals surface area contributed by atoms with Crippen LogP contribution in [0.5, 0.6) is 0 Å². The summed E-state index contributed by atoms with van der Waals surface area (Å²) in [5, 5.41) is 13.6. The molecule has 10 heteroatoms. The number of aliphatic hydroxyl groups excluding tert-OH is 1. The molecule has 256 valence electrons. The van der Waals surface area contributed by atoms with Crippen molar-refractivity contribution in [3.63, 3.8) is 0 Å². The molecular formula is C38H47N3O7. The van der Waals surface area contributed by atoms with E-state index in [0.717, 1.165) is 5.56 Å². The number of likely N-dealkylation sites (tertiary alicyclic amines) is 1. The Bertz CT molecular complexity index is 1480. The first-order chi connectivity index (χ1) is 23.2. The summed E-state index contributed by atoms with van der Waals surface area (Å²) in [7, 11) is 0. The van der Waals surface area contributed by atoms with E-state index in [2.05, 4.69) is 18.5 Å². The minimum atomic E-state index is -1.26. The number of rotatable bonds is 16. The van der Waals surface area contributed by atoms with Crippen LogP contribution in [0.4, 0.5) is 0 Å². The highest BCUT2D eigenvalue weighted by atomic mass is 16.6. The fourth-order valence-electron chi connectivity index (χ4n) is 7.66. The van der Waals surface area contributed by atoms with Gasteiger partial charge in [-0.25, -0.2) is 0 Å². The number of carbonyl (C=O) groups excluding carboxylic acids is 4. The summed E-state index contributed by atoms with van der Waals surface area (Å²) >= 11 is 0. The molecule has 5 rings (SSSR count). The van der Waals surface area contributed by atoms with Crippen LogP contribution in [0, 0.1) is 11.8 Å². The lowest BCUT2D eigenvalue weighted by molar-refractivity contribution is -0.161. The second-order valence-corrected chi connectivity index (χ2v) is 13.2. The number of benzene rings is 2. The average Bonchev–Trinajstić information content (AvgIpc) is 3.74. The Hall–Kier alpha value is -4.28. The van der Waals surface area contributed by atoms with Crippen LogP contribution in [0.1, 0.15) is 56.8 Å². The summed E-state index contributed by atoms with van der Waals surface area (Å²) in [5.74, 6) is -3.44. The second-order valence-electron chi connectivity index (χ2n) is 13.2. The van der Waals surface area contributed by atoms with E-state index in [1.165, 1.54) is 4.90 Å². The molecule has 0 saturated carbocycles. The maximum absolute atomic E-state index is 14.7. The van der Waals surface area contributed by atoms with E-state index in [9.17, 15) is 24.3 Å². The highest BCUT2D eigenvalue weighted by Gasteiger charge is 2.75. The predicted molar refractivity (Wildman–Crippen MR) is 180 cm³/mol. The van der Waals surface area contributed by atoms with E-state index in [-0.39, 0.29) is 44.0 Å². The molecule has 3 heterocycles. The Balaban J connectivity index is 1.48. The molecule has 2 bridgehead atoms. The zero-order valence-electron chi connectivity index (χ0n) is 27.8. The van der Waals surface area contributed by atoms with E-state index in [1.807, 2.05) is 74.5 Å². The van der Waals surface area contributed by atoms with Crippen molar-refractivity contribution in [2.24, 2.45) is 11.8 Å². The second kappa shape index (κ2) is 15.3. The first-order valence-electron chi connectivity index (χ1n) is 16.9. The third-order valence-corrected chi connectivity index (χ3v) is 9.88. The molecule has 3 fully saturated rings. The van der Waals surface area contributed by atoms with Gasteiger partial charge in [-0.3, -0.25) is 19.2 Å². The monoisotopic (exact) mass is 657 g/mol. The minimum Gasteiger partial charge on any atom is -0.455 e. The van der Waals surface area contributed by atoms with Crippen molar-refractivity contribution >= 4 is 23.7 Å². The van der Waals surface area contributed by atoms with E-state index in [1.54, 1.807) is 17.1 Å². The molecule has 1 spiro atoms. The van der Waals surface area contributed by atoms with Crippen molar-refractivity contribution in [3.05, 3.63) is 97.1 Å².